The van der Waals surface area contributed by atoms with Gasteiger partial charge >= 0.3 is 0 Å². The van der Waals surface area contributed by atoms with Crippen LogP contribution < -0.4 is 0 Å². The summed E-state index contributed by atoms with van der Waals surface area (Å²) in [6.45, 7) is 8.58. The Morgan fingerprint density at radius 3 is 2.30 bits per heavy atom. The third-order valence-corrected chi connectivity index (χ3v) is 3.25. The zero-order valence-corrected chi connectivity index (χ0v) is 12.3. The van der Waals surface area contributed by atoms with E-state index in [0.717, 1.165) is 12.0 Å². The molecule has 0 spiro atoms. The van der Waals surface area contributed by atoms with Crippen molar-refractivity contribution in [3.63, 3.8) is 0 Å². The second kappa shape index (κ2) is 6.91. The molecule has 0 aliphatic rings. The van der Waals surface area contributed by atoms with Crippen LogP contribution in [0.2, 0.25) is 0 Å². The molecule has 104 valence electrons. The molecule has 0 radical (unpaired) electrons. The summed E-state index contributed by atoms with van der Waals surface area (Å²) in [5, 5.41) is 0. The molecule has 0 atom stereocenters. The lowest BCUT2D eigenvalue weighted by atomic mass is 9.98. The van der Waals surface area contributed by atoms with Crippen LogP contribution in [0.4, 0.5) is 0 Å². The van der Waals surface area contributed by atoms with Crippen molar-refractivity contribution in [2.24, 2.45) is 5.92 Å². The van der Waals surface area contributed by atoms with Crippen LogP contribution in [0.5, 0.6) is 0 Å². The molecule has 0 aliphatic heterocycles. The van der Waals surface area contributed by atoms with Crippen molar-refractivity contribution in [3.8, 4) is 0 Å². The minimum atomic E-state index is 0. The van der Waals surface area contributed by atoms with Gasteiger partial charge in [0.2, 0.25) is 0 Å². The number of rotatable bonds is 5. The fourth-order valence-electron chi connectivity index (χ4n) is 2.08. The van der Waals surface area contributed by atoms with Crippen molar-refractivity contribution in [1.29, 1.82) is 0 Å². The van der Waals surface area contributed by atoms with Crippen LogP contribution in [0.25, 0.3) is 11.6 Å². The van der Waals surface area contributed by atoms with Crippen LogP contribution in [-0.2, 0) is 6.42 Å². The van der Waals surface area contributed by atoms with E-state index in [1.807, 2.05) is 6.07 Å². The zero-order valence-electron chi connectivity index (χ0n) is 12.3. The lowest BCUT2D eigenvalue weighted by Crippen LogP contribution is -1.89. The fraction of sp³-hybridized carbons (Fsp3) is 0.200. The average molecular weight is 264 g/mol. The molecule has 0 aromatic heterocycles. The van der Waals surface area contributed by atoms with Gasteiger partial charge in [-0.15, -0.1) is 0 Å². The van der Waals surface area contributed by atoms with Crippen LogP contribution in [0, 0.1) is 5.92 Å². The van der Waals surface area contributed by atoms with E-state index in [-0.39, 0.29) is 1.43 Å². The van der Waals surface area contributed by atoms with Crippen molar-refractivity contribution in [3.05, 3.63) is 83.9 Å². The van der Waals surface area contributed by atoms with Gasteiger partial charge < -0.3 is 0 Å². The second-order valence-corrected chi connectivity index (χ2v) is 5.49. The Labute approximate surface area is 124 Å². The van der Waals surface area contributed by atoms with Crippen molar-refractivity contribution in [2.75, 3.05) is 0 Å². The SMILES string of the molecule is C=C(Cc1ccccc1)c1ccc(/C=C/C(C)C)cc1.[HH]. The number of allylic oxidation sites excluding steroid dienone is 2. The summed E-state index contributed by atoms with van der Waals surface area (Å²) in [4.78, 5) is 0. The second-order valence-electron chi connectivity index (χ2n) is 5.49. The van der Waals surface area contributed by atoms with E-state index in [1.165, 1.54) is 16.7 Å². The summed E-state index contributed by atoms with van der Waals surface area (Å²) in [5.41, 5.74) is 4.93. The molecule has 2 rings (SSSR count). The maximum atomic E-state index is 4.21. The van der Waals surface area contributed by atoms with E-state index >= 15 is 0 Å². The fourth-order valence-corrected chi connectivity index (χ4v) is 2.08. The minimum Gasteiger partial charge on any atom is -0.0949 e. The Balaban J connectivity index is 0.00000220. The first kappa shape index (κ1) is 14.3. The van der Waals surface area contributed by atoms with Gasteiger partial charge in [-0.2, -0.15) is 0 Å². The molecule has 0 fully saturated rings. The van der Waals surface area contributed by atoms with Crippen LogP contribution in [-0.4, -0.2) is 0 Å². The molecular weight excluding hydrogens is 240 g/mol. The van der Waals surface area contributed by atoms with Crippen molar-refractivity contribution >= 4 is 11.6 Å². The molecular formula is C20H24. The van der Waals surface area contributed by atoms with E-state index in [9.17, 15) is 0 Å². The molecule has 0 heteroatoms. The highest BCUT2D eigenvalue weighted by molar-refractivity contribution is 5.67. The molecule has 0 bridgehead atoms. The Morgan fingerprint density at radius 1 is 1.05 bits per heavy atom. The predicted octanol–water partition coefficient (Wildman–Crippen LogP) is 5.86. The lowest BCUT2D eigenvalue weighted by Gasteiger charge is -2.07. The summed E-state index contributed by atoms with van der Waals surface area (Å²) in [6.07, 6.45) is 5.30. The summed E-state index contributed by atoms with van der Waals surface area (Å²) < 4.78 is 0. The number of hydrogen-bond acceptors (Lipinski definition) is 0. The van der Waals surface area contributed by atoms with E-state index in [1.54, 1.807) is 0 Å². The quantitative estimate of drug-likeness (QED) is 0.634. The van der Waals surface area contributed by atoms with E-state index in [2.05, 4.69) is 81.1 Å². The van der Waals surface area contributed by atoms with Crippen LogP contribution in [0.1, 0.15) is 32.0 Å². The first-order valence-electron chi connectivity index (χ1n) is 7.15. The summed E-state index contributed by atoms with van der Waals surface area (Å²) in [6, 6.07) is 19.1. The largest absolute Gasteiger partial charge is 0.0949 e. The van der Waals surface area contributed by atoms with E-state index in [4.69, 9.17) is 0 Å². The highest BCUT2D eigenvalue weighted by atomic mass is 14.1. The molecule has 0 heterocycles. The normalized spacial score (nSPS) is 11.2. The van der Waals surface area contributed by atoms with Gasteiger partial charge in [-0.1, -0.05) is 87.2 Å². The molecule has 0 N–H and O–H groups in total. The highest BCUT2D eigenvalue weighted by Crippen LogP contribution is 2.19. The lowest BCUT2D eigenvalue weighted by molar-refractivity contribution is 0.836. The summed E-state index contributed by atoms with van der Waals surface area (Å²) in [7, 11) is 0. The van der Waals surface area contributed by atoms with Gasteiger partial charge in [0.05, 0.1) is 0 Å². The van der Waals surface area contributed by atoms with Gasteiger partial charge in [0.1, 0.15) is 0 Å². The molecule has 2 aromatic carbocycles. The Bertz CT molecular complexity index is 577. The van der Waals surface area contributed by atoms with E-state index in [0.29, 0.717) is 5.92 Å². The molecule has 2 aromatic rings. The molecule has 0 nitrogen and oxygen atoms in total. The maximum absolute atomic E-state index is 4.21. The topological polar surface area (TPSA) is 0 Å². The number of benzene rings is 2. The van der Waals surface area contributed by atoms with Crippen molar-refractivity contribution in [1.82, 2.24) is 0 Å². The van der Waals surface area contributed by atoms with Crippen LogP contribution in [0.15, 0.2) is 67.3 Å². The van der Waals surface area contributed by atoms with Crippen LogP contribution >= 0.6 is 0 Å². The van der Waals surface area contributed by atoms with Crippen molar-refractivity contribution in [2.45, 2.75) is 20.3 Å². The zero-order chi connectivity index (χ0) is 14.4. The summed E-state index contributed by atoms with van der Waals surface area (Å²) >= 11 is 0. The molecule has 20 heavy (non-hydrogen) atoms. The highest BCUT2D eigenvalue weighted by Gasteiger charge is 2.00. The van der Waals surface area contributed by atoms with E-state index < -0.39 is 0 Å². The van der Waals surface area contributed by atoms with Crippen LogP contribution in [0.3, 0.4) is 0 Å². The number of hydrogen-bond donors (Lipinski definition) is 0. The average Bonchev–Trinajstić information content (AvgIpc) is 2.46. The van der Waals surface area contributed by atoms with Gasteiger partial charge in [0.15, 0.2) is 0 Å². The molecule has 0 saturated heterocycles. The molecule has 0 saturated carbocycles. The van der Waals surface area contributed by atoms with Crippen molar-refractivity contribution < 1.29 is 1.43 Å². The Kier molecular flexibility index (Phi) is 4.95. The van der Waals surface area contributed by atoms with Gasteiger partial charge in [0, 0.05) is 1.43 Å². The molecule has 0 amide bonds. The molecule has 0 unspecified atom stereocenters. The minimum absolute atomic E-state index is 0. The van der Waals surface area contributed by atoms with Gasteiger partial charge in [-0.25, -0.2) is 0 Å². The first-order valence-corrected chi connectivity index (χ1v) is 7.15. The molecule has 0 aliphatic carbocycles. The Hall–Kier alpha value is -2.08. The van der Waals surface area contributed by atoms with Gasteiger partial charge in [-0.05, 0) is 34.6 Å². The Morgan fingerprint density at radius 2 is 1.70 bits per heavy atom. The third-order valence-electron chi connectivity index (χ3n) is 3.25. The maximum Gasteiger partial charge on any atom is 0 e. The first-order chi connectivity index (χ1) is 9.65. The van der Waals surface area contributed by atoms with Gasteiger partial charge in [-0.3, -0.25) is 0 Å². The summed E-state index contributed by atoms with van der Waals surface area (Å²) in [5.74, 6) is 0.586. The standard InChI is InChI=1S/C20H22.H2/c1-16(2)9-10-18-11-13-20(14-12-18)17(3)15-19-7-5-4-6-8-19;/h4-14,16H,3,15H2,1-2H3;1H/b10-9+;. The van der Waals surface area contributed by atoms with Gasteiger partial charge in [0.25, 0.3) is 0 Å². The predicted molar refractivity (Wildman–Crippen MR) is 91.6 cm³/mol. The third kappa shape index (κ3) is 4.24. The smallest absolute Gasteiger partial charge is 0 e. The monoisotopic (exact) mass is 264 g/mol.